The Morgan fingerprint density at radius 1 is 1.50 bits per heavy atom. The molecular weight excluding hydrogens is 129 g/mol. The maximum Gasteiger partial charge on any atom is 0.139 e. The van der Waals surface area contributed by atoms with Crippen molar-refractivity contribution < 1.29 is 4.39 Å². The van der Waals surface area contributed by atoms with Crippen LogP contribution in [0.4, 0.5) is 4.39 Å². The number of aryl methyl sites for hydroxylation is 1. The number of alkyl halides is 1. The van der Waals surface area contributed by atoms with E-state index in [2.05, 4.69) is 4.98 Å². The zero-order valence-corrected chi connectivity index (χ0v) is 6.13. The summed E-state index contributed by atoms with van der Waals surface area (Å²) in [5, 5.41) is 0. The van der Waals surface area contributed by atoms with Crippen LogP contribution >= 0.6 is 0 Å². The molecule has 0 saturated heterocycles. The second kappa shape index (κ2) is 2.78. The third kappa shape index (κ3) is 1.53. The van der Waals surface area contributed by atoms with Crippen LogP contribution in [0.15, 0.2) is 18.3 Å². The van der Waals surface area contributed by atoms with Crippen LogP contribution in [0, 0.1) is 6.92 Å². The summed E-state index contributed by atoms with van der Waals surface area (Å²) in [5.74, 6) is 0. The van der Waals surface area contributed by atoms with Crippen LogP contribution in [0.3, 0.4) is 0 Å². The second-order valence-corrected chi connectivity index (χ2v) is 2.38. The van der Waals surface area contributed by atoms with E-state index < -0.39 is 6.17 Å². The van der Waals surface area contributed by atoms with Crippen molar-refractivity contribution in [2.24, 2.45) is 0 Å². The minimum atomic E-state index is -0.958. The molecule has 0 amide bonds. The van der Waals surface area contributed by atoms with Gasteiger partial charge in [0.2, 0.25) is 0 Å². The Balaban J connectivity index is 2.89. The molecule has 0 radical (unpaired) electrons. The highest BCUT2D eigenvalue weighted by atomic mass is 19.1. The lowest BCUT2D eigenvalue weighted by Crippen LogP contribution is -1.89. The van der Waals surface area contributed by atoms with E-state index in [1.807, 2.05) is 13.0 Å². The Morgan fingerprint density at radius 3 is 2.60 bits per heavy atom. The summed E-state index contributed by atoms with van der Waals surface area (Å²) >= 11 is 0. The third-order valence-electron chi connectivity index (χ3n) is 1.34. The number of nitrogens with zero attached hydrogens (tertiary/aromatic N) is 1. The van der Waals surface area contributed by atoms with E-state index in [9.17, 15) is 4.39 Å². The molecule has 2 heteroatoms. The van der Waals surface area contributed by atoms with Crippen LogP contribution in [-0.2, 0) is 0 Å². The number of rotatable bonds is 1. The van der Waals surface area contributed by atoms with Gasteiger partial charge in [0.1, 0.15) is 6.17 Å². The van der Waals surface area contributed by atoms with E-state index in [0.717, 1.165) is 5.56 Å². The highest BCUT2D eigenvalue weighted by Gasteiger charge is 2.01. The highest BCUT2D eigenvalue weighted by Crippen LogP contribution is 2.12. The molecule has 1 heterocycles. The van der Waals surface area contributed by atoms with Gasteiger partial charge in [0.05, 0.1) is 5.69 Å². The second-order valence-electron chi connectivity index (χ2n) is 2.38. The molecule has 0 aliphatic carbocycles. The summed E-state index contributed by atoms with van der Waals surface area (Å²) in [4.78, 5) is 3.90. The SMILES string of the molecule is Cc1ccc(C(C)F)nc1. The van der Waals surface area contributed by atoms with Crippen molar-refractivity contribution in [1.29, 1.82) is 0 Å². The number of hydrogen-bond donors (Lipinski definition) is 0. The Labute approximate surface area is 59.9 Å². The molecule has 0 bridgehead atoms. The van der Waals surface area contributed by atoms with E-state index in [1.165, 1.54) is 6.92 Å². The molecule has 1 aromatic heterocycles. The van der Waals surface area contributed by atoms with Gasteiger partial charge in [-0.1, -0.05) is 6.07 Å². The first-order valence-electron chi connectivity index (χ1n) is 3.27. The smallest absolute Gasteiger partial charge is 0.139 e. The van der Waals surface area contributed by atoms with Gasteiger partial charge in [-0.25, -0.2) is 4.39 Å². The Morgan fingerprint density at radius 2 is 2.20 bits per heavy atom. The molecule has 0 aliphatic rings. The van der Waals surface area contributed by atoms with Gasteiger partial charge in [0.25, 0.3) is 0 Å². The van der Waals surface area contributed by atoms with Crippen molar-refractivity contribution in [1.82, 2.24) is 4.98 Å². The van der Waals surface area contributed by atoms with Crippen molar-refractivity contribution in [2.45, 2.75) is 20.0 Å². The van der Waals surface area contributed by atoms with Crippen LogP contribution in [0.25, 0.3) is 0 Å². The summed E-state index contributed by atoms with van der Waals surface area (Å²) in [7, 11) is 0. The molecule has 1 rings (SSSR count). The van der Waals surface area contributed by atoms with Gasteiger partial charge in [-0.3, -0.25) is 4.98 Å². The van der Waals surface area contributed by atoms with Crippen LogP contribution in [0.1, 0.15) is 24.4 Å². The summed E-state index contributed by atoms with van der Waals surface area (Å²) in [5.41, 5.74) is 1.56. The average molecular weight is 139 g/mol. The number of hydrogen-bond acceptors (Lipinski definition) is 1. The average Bonchev–Trinajstić information content (AvgIpc) is 1.88. The van der Waals surface area contributed by atoms with E-state index >= 15 is 0 Å². The topological polar surface area (TPSA) is 12.9 Å². The highest BCUT2D eigenvalue weighted by molar-refractivity contribution is 5.13. The van der Waals surface area contributed by atoms with Crippen molar-refractivity contribution in [3.05, 3.63) is 29.6 Å². The first-order valence-corrected chi connectivity index (χ1v) is 3.27. The fourth-order valence-electron chi connectivity index (χ4n) is 0.715. The Bertz CT molecular complexity index is 203. The summed E-state index contributed by atoms with van der Waals surface area (Å²) in [6.07, 6.45) is 0.714. The summed E-state index contributed by atoms with van der Waals surface area (Å²) in [6.45, 7) is 3.41. The normalized spacial score (nSPS) is 13.1. The number of aromatic nitrogens is 1. The van der Waals surface area contributed by atoms with Gasteiger partial charge in [0.15, 0.2) is 0 Å². The molecule has 10 heavy (non-hydrogen) atoms. The minimum absolute atomic E-state index is 0.505. The van der Waals surface area contributed by atoms with Gasteiger partial charge in [0, 0.05) is 6.20 Å². The molecule has 1 atom stereocenters. The fraction of sp³-hybridized carbons (Fsp3) is 0.375. The molecule has 0 spiro atoms. The lowest BCUT2D eigenvalue weighted by molar-refractivity contribution is 0.366. The quantitative estimate of drug-likeness (QED) is 0.582. The molecular formula is C8H10FN. The summed E-state index contributed by atoms with van der Waals surface area (Å²) in [6, 6.07) is 3.57. The van der Waals surface area contributed by atoms with Crippen molar-refractivity contribution in [2.75, 3.05) is 0 Å². The zero-order chi connectivity index (χ0) is 7.56. The predicted octanol–water partition coefficient (Wildman–Crippen LogP) is 2.42. The maximum absolute atomic E-state index is 12.5. The van der Waals surface area contributed by atoms with Gasteiger partial charge in [-0.2, -0.15) is 0 Å². The molecule has 1 nitrogen and oxygen atoms in total. The summed E-state index contributed by atoms with van der Waals surface area (Å²) < 4.78 is 12.5. The van der Waals surface area contributed by atoms with Crippen molar-refractivity contribution in [3.8, 4) is 0 Å². The molecule has 0 aliphatic heterocycles. The van der Waals surface area contributed by atoms with Crippen molar-refractivity contribution >= 4 is 0 Å². The molecule has 1 unspecified atom stereocenters. The van der Waals surface area contributed by atoms with Crippen LogP contribution in [-0.4, -0.2) is 4.98 Å². The first kappa shape index (κ1) is 7.19. The third-order valence-corrected chi connectivity index (χ3v) is 1.34. The van der Waals surface area contributed by atoms with Gasteiger partial charge >= 0.3 is 0 Å². The number of pyridine rings is 1. The van der Waals surface area contributed by atoms with Gasteiger partial charge in [-0.05, 0) is 25.5 Å². The zero-order valence-electron chi connectivity index (χ0n) is 6.13. The van der Waals surface area contributed by atoms with E-state index in [-0.39, 0.29) is 0 Å². The van der Waals surface area contributed by atoms with Gasteiger partial charge < -0.3 is 0 Å². The Hall–Kier alpha value is -0.920. The fourth-order valence-corrected chi connectivity index (χ4v) is 0.715. The van der Waals surface area contributed by atoms with Crippen LogP contribution in [0.2, 0.25) is 0 Å². The molecule has 1 aromatic rings. The first-order chi connectivity index (χ1) is 4.70. The number of halogens is 1. The molecule has 0 fully saturated rings. The molecule has 0 aromatic carbocycles. The van der Waals surface area contributed by atoms with Crippen LogP contribution in [0.5, 0.6) is 0 Å². The molecule has 0 N–H and O–H groups in total. The predicted molar refractivity (Wildman–Crippen MR) is 38.5 cm³/mol. The monoisotopic (exact) mass is 139 g/mol. The minimum Gasteiger partial charge on any atom is -0.258 e. The van der Waals surface area contributed by atoms with E-state index in [0.29, 0.717) is 5.69 Å². The van der Waals surface area contributed by atoms with Crippen LogP contribution < -0.4 is 0 Å². The van der Waals surface area contributed by atoms with Crippen molar-refractivity contribution in [3.63, 3.8) is 0 Å². The molecule has 0 saturated carbocycles. The largest absolute Gasteiger partial charge is 0.258 e. The lowest BCUT2D eigenvalue weighted by atomic mass is 10.2. The molecule has 54 valence electrons. The van der Waals surface area contributed by atoms with Gasteiger partial charge in [-0.15, -0.1) is 0 Å². The maximum atomic E-state index is 12.5. The Kier molecular flexibility index (Phi) is 2.00. The lowest BCUT2D eigenvalue weighted by Gasteiger charge is -1.99. The van der Waals surface area contributed by atoms with E-state index in [1.54, 1.807) is 12.3 Å². The van der Waals surface area contributed by atoms with E-state index in [4.69, 9.17) is 0 Å². The standard InChI is InChI=1S/C8H10FN/c1-6-3-4-8(7(2)9)10-5-6/h3-5,7H,1-2H3.